The number of fused-ring (bicyclic) bond motifs is 10. The van der Waals surface area contributed by atoms with Crippen LogP contribution in [-0.2, 0) is 5.41 Å². The second-order valence-electron chi connectivity index (χ2n) is 16.1. The van der Waals surface area contributed by atoms with Crippen molar-refractivity contribution >= 4 is 66.7 Å². The molecule has 10 aromatic carbocycles. The van der Waals surface area contributed by atoms with Crippen LogP contribution >= 0.6 is 0 Å². The second-order valence-corrected chi connectivity index (χ2v) is 16.1. The Morgan fingerprint density at radius 1 is 0.387 bits per heavy atom. The van der Waals surface area contributed by atoms with Crippen molar-refractivity contribution in [2.24, 2.45) is 0 Å². The third-order valence-corrected chi connectivity index (χ3v) is 13.1. The van der Waals surface area contributed by atoms with Gasteiger partial charge in [-0.15, -0.1) is 0 Å². The average Bonchev–Trinajstić information content (AvgIpc) is 3.81. The van der Waals surface area contributed by atoms with Crippen molar-refractivity contribution in [3.05, 3.63) is 235 Å². The van der Waals surface area contributed by atoms with Crippen LogP contribution in [0.2, 0.25) is 0 Å². The van der Waals surface area contributed by atoms with Gasteiger partial charge in [0.2, 0.25) is 5.95 Å². The molecule has 0 amide bonds. The van der Waals surface area contributed by atoms with Gasteiger partial charge in [-0.3, -0.25) is 4.90 Å². The molecule has 13 rings (SSSR count). The highest BCUT2D eigenvalue weighted by Gasteiger charge is 2.52. The zero-order chi connectivity index (χ0) is 40.9. The molecule has 0 fully saturated rings. The number of halogens is 1. The van der Waals surface area contributed by atoms with E-state index in [1.807, 2.05) is 30.3 Å². The van der Waals surface area contributed by atoms with Gasteiger partial charge in [0, 0.05) is 22.0 Å². The molecule has 0 radical (unpaired) electrons. The molecule has 0 bridgehead atoms. The molecule has 1 aromatic heterocycles. The van der Waals surface area contributed by atoms with Crippen molar-refractivity contribution < 1.29 is 4.39 Å². The molecule has 0 saturated carbocycles. The van der Waals surface area contributed by atoms with Crippen LogP contribution in [0.4, 0.5) is 38.8 Å². The molecule has 2 aliphatic carbocycles. The average molecular weight is 796 g/mol. The van der Waals surface area contributed by atoms with E-state index >= 15 is 4.39 Å². The summed E-state index contributed by atoms with van der Waals surface area (Å²) in [4.78, 5) is 17.6. The van der Waals surface area contributed by atoms with Crippen LogP contribution in [0.5, 0.6) is 0 Å². The van der Waals surface area contributed by atoms with Gasteiger partial charge >= 0.3 is 0 Å². The Hall–Kier alpha value is -8.22. The van der Waals surface area contributed by atoms with Gasteiger partial charge < -0.3 is 4.90 Å². The maximum absolute atomic E-state index is 16.7. The highest BCUT2D eigenvalue weighted by molar-refractivity contribution is 6.28. The zero-order valence-electron chi connectivity index (χ0n) is 33.2. The van der Waals surface area contributed by atoms with E-state index in [0.717, 1.165) is 66.2 Å². The van der Waals surface area contributed by atoms with E-state index in [0.29, 0.717) is 11.6 Å². The van der Waals surface area contributed by atoms with Crippen molar-refractivity contribution in [2.75, 3.05) is 9.80 Å². The van der Waals surface area contributed by atoms with Crippen LogP contribution in [0.1, 0.15) is 22.3 Å². The summed E-state index contributed by atoms with van der Waals surface area (Å²) in [5.41, 5.74) is 13.3. The number of nitrogens with zero attached hydrogens (tertiary/aromatic N) is 5. The van der Waals surface area contributed by atoms with Gasteiger partial charge in [-0.1, -0.05) is 152 Å². The smallest absolute Gasteiger partial charge is 0.237 e. The van der Waals surface area contributed by atoms with Gasteiger partial charge in [-0.25, -0.2) is 19.3 Å². The van der Waals surface area contributed by atoms with E-state index < -0.39 is 5.41 Å². The van der Waals surface area contributed by atoms with E-state index in [4.69, 9.17) is 0 Å². The second kappa shape index (κ2) is 13.1. The zero-order valence-corrected chi connectivity index (χ0v) is 33.2. The van der Waals surface area contributed by atoms with Gasteiger partial charge in [0.25, 0.3) is 0 Å². The van der Waals surface area contributed by atoms with Gasteiger partial charge in [-0.2, -0.15) is 0 Å². The number of rotatable bonds is 6. The first-order valence-electron chi connectivity index (χ1n) is 20.9. The monoisotopic (exact) mass is 795 g/mol. The number of hydrogen-bond donors (Lipinski definition) is 0. The quantitative estimate of drug-likeness (QED) is 0.157. The number of para-hydroxylation sites is 2. The fourth-order valence-electron chi connectivity index (χ4n) is 10.8. The Morgan fingerprint density at radius 3 is 1.53 bits per heavy atom. The van der Waals surface area contributed by atoms with Crippen LogP contribution in [0.3, 0.4) is 0 Å². The molecular formula is C56H34FN5. The third-order valence-electron chi connectivity index (χ3n) is 13.1. The summed E-state index contributed by atoms with van der Waals surface area (Å²) in [6, 6.07) is 67.8. The number of aromatic nitrogens is 3. The van der Waals surface area contributed by atoms with Crippen LogP contribution in [0, 0.1) is 5.82 Å². The Kier molecular flexibility index (Phi) is 7.34. The van der Waals surface area contributed by atoms with E-state index in [2.05, 4.69) is 176 Å². The lowest BCUT2D eigenvalue weighted by Gasteiger charge is -2.32. The predicted molar refractivity (Wildman–Crippen MR) is 249 cm³/mol. The molecule has 290 valence electrons. The number of hydrogen-bond acceptors (Lipinski definition) is 5. The summed E-state index contributed by atoms with van der Waals surface area (Å²) in [6.07, 6.45) is 3.06. The van der Waals surface area contributed by atoms with Crippen LogP contribution in [0.25, 0.3) is 54.6 Å². The molecule has 11 aromatic rings. The standard InChI is InChI=1S/C56H34FN5/c57-47-22-10-11-23-50(47)62(51-24-12-21-46-54(51)40-17-6-9-20-45(40)56(46)43-18-7-4-15-38(43)39-16-5-8-19-44(39)56)49-32-28-36-25-29-41-48(31-27-35-26-30-42(49)53(36)52(35)41)61(37-13-2-1-3-14-37)55-59-33-58-34-60-55/h1-34H. The first kappa shape index (κ1) is 34.6. The molecule has 5 nitrogen and oxygen atoms in total. The number of anilines is 6. The Balaban J connectivity index is 1.10. The van der Waals surface area contributed by atoms with Crippen molar-refractivity contribution in [3.8, 4) is 22.3 Å². The molecule has 0 unspecified atom stereocenters. The van der Waals surface area contributed by atoms with Crippen molar-refractivity contribution in [1.29, 1.82) is 0 Å². The Morgan fingerprint density at radius 2 is 0.887 bits per heavy atom. The minimum atomic E-state index is -0.543. The fraction of sp³-hybridized carbons (Fsp3) is 0.0179. The summed E-state index contributed by atoms with van der Waals surface area (Å²) in [5, 5.41) is 6.49. The summed E-state index contributed by atoms with van der Waals surface area (Å²) in [6.45, 7) is 0. The summed E-state index contributed by atoms with van der Waals surface area (Å²) in [7, 11) is 0. The summed E-state index contributed by atoms with van der Waals surface area (Å²) < 4.78 is 16.7. The van der Waals surface area contributed by atoms with Crippen molar-refractivity contribution in [1.82, 2.24) is 15.0 Å². The fourth-order valence-corrected chi connectivity index (χ4v) is 10.8. The summed E-state index contributed by atoms with van der Waals surface area (Å²) >= 11 is 0. The summed E-state index contributed by atoms with van der Waals surface area (Å²) in [5.74, 6) is 0.225. The first-order valence-corrected chi connectivity index (χ1v) is 20.9. The van der Waals surface area contributed by atoms with E-state index in [1.54, 1.807) is 12.1 Å². The van der Waals surface area contributed by atoms with Gasteiger partial charge in [0.1, 0.15) is 18.5 Å². The van der Waals surface area contributed by atoms with Gasteiger partial charge in [-0.05, 0) is 103 Å². The Bertz CT molecular complexity index is 3480. The topological polar surface area (TPSA) is 45.2 Å². The van der Waals surface area contributed by atoms with Crippen LogP contribution < -0.4 is 9.80 Å². The minimum Gasteiger partial charge on any atom is -0.306 e. The molecule has 2 aliphatic rings. The van der Waals surface area contributed by atoms with Crippen molar-refractivity contribution in [3.63, 3.8) is 0 Å². The maximum atomic E-state index is 16.7. The molecule has 0 atom stereocenters. The highest BCUT2D eigenvalue weighted by atomic mass is 19.1. The Labute approximate surface area is 357 Å². The highest BCUT2D eigenvalue weighted by Crippen LogP contribution is 2.65. The molecule has 0 saturated heterocycles. The normalized spacial score (nSPS) is 13.0. The molecule has 0 N–H and O–H groups in total. The third kappa shape index (κ3) is 4.63. The lowest BCUT2D eigenvalue weighted by Crippen LogP contribution is -2.26. The molecule has 1 spiro atoms. The lowest BCUT2D eigenvalue weighted by atomic mass is 9.70. The molecule has 0 aliphatic heterocycles. The maximum Gasteiger partial charge on any atom is 0.237 e. The minimum absolute atomic E-state index is 0.300. The number of benzene rings is 10. The van der Waals surface area contributed by atoms with Crippen molar-refractivity contribution in [2.45, 2.75) is 5.41 Å². The van der Waals surface area contributed by atoms with Crippen LogP contribution in [0.15, 0.2) is 207 Å². The van der Waals surface area contributed by atoms with E-state index in [9.17, 15) is 0 Å². The van der Waals surface area contributed by atoms with E-state index in [-0.39, 0.29) is 5.82 Å². The molecule has 6 heteroatoms. The molecular weight excluding hydrogens is 762 g/mol. The molecule has 62 heavy (non-hydrogen) atoms. The van der Waals surface area contributed by atoms with E-state index in [1.165, 1.54) is 46.0 Å². The molecule has 1 heterocycles. The first-order chi connectivity index (χ1) is 30.7. The van der Waals surface area contributed by atoms with Crippen LogP contribution in [-0.4, -0.2) is 15.0 Å². The lowest BCUT2D eigenvalue weighted by molar-refractivity contribution is 0.629. The van der Waals surface area contributed by atoms with Gasteiger partial charge in [0.15, 0.2) is 0 Å². The van der Waals surface area contributed by atoms with Gasteiger partial charge in [0.05, 0.1) is 28.2 Å². The SMILES string of the molecule is Fc1ccccc1N(c1cccc2c1-c1ccccc1C21c2ccccc2-c2ccccc21)c1ccc2ccc3c(N(c4ccccc4)c4ncncn4)ccc4ccc1c2c43. The predicted octanol–water partition coefficient (Wildman–Crippen LogP) is 14.2. The largest absolute Gasteiger partial charge is 0.306 e.